The number of para-hydroxylation sites is 1. The van der Waals surface area contributed by atoms with Gasteiger partial charge in [0.25, 0.3) is 11.6 Å². The van der Waals surface area contributed by atoms with Crippen LogP contribution in [0.3, 0.4) is 0 Å². The van der Waals surface area contributed by atoms with Crippen LogP contribution in [0.2, 0.25) is 0 Å². The van der Waals surface area contributed by atoms with E-state index in [1.54, 1.807) is 30.3 Å². The maximum atomic E-state index is 12.1. The van der Waals surface area contributed by atoms with Crippen molar-refractivity contribution in [1.29, 1.82) is 0 Å². The summed E-state index contributed by atoms with van der Waals surface area (Å²) in [6.45, 7) is 0.937. The highest BCUT2D eigenvalue weighted by Gasteiger charge is 2.23. The Kier molecular flexibility index (Phi) is 5.33. The molecule has 0 bridgehead atoms. The third-order valence-corrected chi connectivity index (χ3v) is 3.86. The molecule has 2 aromatic carbocycles. The topological polar surface area (TPSA) is 102 Å². The van der Waals surface area contributed by atoms with Crippen molar-refractivity contribution in [2.45, 2.75) is 0 Å². The first-order valence-electron chi connectivity index (χ1n) is 8.11. The average molecular weight is 365 g/mol. The number of nitro groups is 1. The summed E-state index contributed by atoms with van der Waals surface area (Å²) in [7, 11) is 0. The Bertz CT molecular complexity index is 944. The smallest absolute Gasteiger partial charge is 0.414 e. The molecule has 0 saturated carbocycles. The number of anilines is 1. The number of nitrogens with one attached hydrogen (secondary N) is 1. The van der Waals surface area contributed by atoms with Crippen molar-refractivity contribution in [3.63, 3.8) is 0 Å². The van der Waals surface area contributed by atoms with Gasteiger partial charge in [0, 0.05) is 17.3 Å². The second kappa shape index (κ2) is 8.01. The van der Waals surface area contributed by atoms with Crippen LogP contribution in [-0.2, 0) is 4.74 Å². The molecule has 27 heavy (non-hydrogen) atoms. The van der Waals surface area contributed by atoms with Crippen LogP contribution in [0, 0.1) is 22.0 Å². The summed E-state index contributed by atoms with van der Waals surface area (Å²) in [6, 6.07) is 12.8. The Morgan fingerprint density at radius 1 is 1.22 bits per heavy atom. The Hall–Kier alpha value is -3.86. The predicted molar refractivity (Wildman–Crippen MR) is 97.4 cm³/mol. The van der Waals surface area contributed by atoms with Crippen molar-refractivity contribution in [1.82, 2.24) is 5.32 Å². The third kappa shape index (κ3) is 4.22. The van der Waals surface area contributed by atoms with E-state index in [9.17, 15) is 19.7 Å². The van der Waals surface area contributed by atoms with E-state index in [-0.39, 0.29) is 23.9 Å². The summed E-state index contributed by atoms with van der Waals surface area (Å²) >= 11 is 0. The van der Waals surface area contributed by atoms with Gasteiger partial charge in [0.15, 0.2) is 0 Å². The van der Waals surface area contributed by atoms with E-state index < -0.39 is 10.8 Å². The number of carbonyl (C=O) groups excluding carboxylic acids is 2. The zero-order valence-electron chi connectivity index (χ0n) is 14.2. The fourth-order valence-corrected chi connectivity index (χ4v) is 2.54. The van der Waals surface area contributed by atoms with Crippen LogP contribution >= 0.6 is 0 Å². The van der Waals surface area contributed by atoms with E-state index in [2.05, 4.69) is 17.2 Å². The van der Waals surface area contributed by atoms with E-state index >= 15 is 0 Å². The molecule has 2 aromatic rings. The Morgan fingerprint density at radius 2 is 1.96 bits per heavy atom. The SMILES string of the molecule is O=C(NCC#Cc1ccc(N2CCOC2=O)cc1)c1ccccc1[N+](=O)[O-]. The van der Waals surface area contributed by atoms with Gasteiger partial charge in [0.2, 0.25) is 0 Å². The minimum Gasteiger partial charge on any atom is -0.447 e. The van der Waals surface area contributed by atoms with Gasteiger partial charge >= 0.3 is 6.09 Å². The molecule has 1 N–H and O–H groups in total. The number of hydrogen-bond acceptors (Lipinski definition) is 5. The van der Waals surface area contributed by atoms with Gasteiger partial charge in [0.1, 0.15) is 12.2 Å². The number of nitro benzene ring substituents is 1. The largest absolute Gasteiger partial charge is 0.447 e. The molecule has 0 unspecified atom stereocenters. The van der Waals surface area contributed by atoms with Gasteiger partial charge in [-0.3, -0.25) is 19.8 Å². The number of ether oxygens (including phenoxy) is 1. The molecule has 0 spiro atoms. The van der Waals surface area contributed by atoms with Crippen molar-refractivity contribution >= 4 is 23.4 Å². The number of nitrogens with zero attached hydrogens (tertiary/aromatic N) is 2. The zero-order valence-corrected chi connectivity index (χ0v) is 14.2. The minimum atomic E-state index is -0.599. The van der Waals surface area contributed by atoms with Gasteiger partial charge in [-0.1, -0.05) is 24.0 Å². The molecule has 0 aliphatic carbocycles. The zero-order chi connectivity index (χ0) is 19.2. The van der Waals surface area contributed by atoms with Gasteiger partial charge in [-0.25, -0.2) is 4.79 Å². The molecule has 1 fully saturated rings. The van der Waals surface area contributed by atoms with E-state index in [0.29, 0.717) is 18.7 Å². The lowest BCUT2D eigenvalue weighted by atomic mass is 10.1. The molecule has 1 aliphatic heterocycles. The normalized spacial score (nSPS) is 12.7. The van der Waals surface area contributed by atoms with Crippen LogP contribution in [-0.4, -0.2) is 36.6 Å². The van der Waals surface area contributed by atoms with Crippen LogP contribution < -0.4 is 10.2 Å². The molecular formula is C19H15N3O5. The lowest BCUT2D eigenvalue weighted by Crippen LogP contribution is -2.24. The second-order valence-electron chi connectivity index (χ2n) is 5.57. The summed E-state index contributed by atoms with van der Waals surface area (Å²) in [4.78, 5) is 35.5. The van der Waals surface area contributed by atoms with Crippen LogP contribution in [0.15, 0.2) is 48.5 Å². The molecule has 2 amide bonds. The molecule has 8 nitrogen and oxygen atoms in total. The highest BCUT2D eigenvalue weighted by atomic mass is 16.6. The number of cyclic esters (lactones) is 1. The quantitative estimate of drug-likeness (QED) is 0.509. The Balaban J connectivity index is 1.59. The van der Waals surface area contributed by atoms with Crippen molar-refractivity contribution < 1.29 is 19.2 Å². The number of carbonyl (C=O) groups is 2. The summed E-state index contributed by atoms with van der Waals surface area (Å²) in [5.41, 5.74) is 1.18. The van der Waals surface area contributed by atoms with E-state index in [1.807, 2.05) is 0 Å². The minimum absolute atomic E-state index is 0.00819. The molecule has 1 aliphatic rings. The highest BCUT2D eigenvalue weighted by Crippen LogP contribution is 2.19. The molecule has 0 radical (unpaired) electrons. The number of amides is 2. The van der Waals surface area contributed by atoms with Crippen LogP contribution in [0.1, 0.15) is 15.9 Å². The van der Waals surface area contributed by atoms with Crippen LogP contribution in [0.5, 0.6) is 0 Å². The first-order chi connectivity index (χ1) is 13.1. The first-order valence-corrected chi connectivity index (χ1v) is 8.11. The molecule has 1 heterocycles. The van der Waals surface area contributed by atoms with Gasteiger partial charge in [-0.2, -0.15) is 0 Å². The lowest BCUT2D eigenvalue weighted by molar-refractivity contribution is -0.385. The molecule has 1 saturated heterocycles. The molecular weight excluding hydrogens is 350 g/mol. The maximum Gasteiger partial charge on any atom is 0.414 e. The van der Waals surface area contributed by atoms with Crippen molar-refractivity contribution in [2.24, 2.45) is 0 Å². The average Bonchev–Trinajstić information content (AvgIpc) is 3.11. The number of benzene rings is 2. The monoisotopic (exact) mass is 365 g/mol. The van der Waals surface area contributed by atoms with Crippen LogP contribution in [0.25, 0.3) is 0 Å². The summed E-state index contributed by atoms with van der Waals surface area (Å²) in [5, 5.41) is 13.5. The number of hydrogen-bond donors (Lipinski definition) is 1. The van der Waals surface area contributed by atoms with Gasteiger partial charge in [0.05, 0.1) is 18.0 Å². The first kappa shape index (κ1) is 17.9. The second-order valence-corrected chi connectivity index (χ2v) is 5.57. The van der Waals surface area contributed by atoms with Crippen molar-refractivity contribution in [3.8, 4) is 11.8 Å². The molecule has 8 heteroatoms. The predicted octanol–water partition coefficient (Wildman–Crippen LogP) is 2.33. The van der Waals surface area contributed by atoms with Gasteiger partial charge in [-0.05, 0) is 30.3 Å². The van der Waals surface area contributed by atoms with E-state index in [1.165, 1.54) is 23.1 Å². The summed E-state index contributed by atoms with van der Waals surface area (Å²) in [5.74, 6) is 5.12. The maximum absolute atomic E-state index is 12.1. The van der Waals surface area contributed by atoms with Gasteiger partial charge < -0.3 is 10.1 Å². The fraction of sp³-hybridized carbons (Fsp3) is 0.158. The van der Waals surface area contributed by atoms with E-state index in [0.717, 1.165) is 5.69 Å². The van der Waals surface area contributed by atoms with E-state index in [4.69, 9.17) is 4.74 Å². The Morgan fingerprint density at radius 3 is 2.63 bits per heavy atom. The fourth-order valence-electron chi connectivity index (χ4n) is 2.54. The Labute approximate surface area is 154 Å². The highest BCUT2D eigenvalue weighted by molar-refractivity contribution is 5.98. The van der Waals surface area contributed by atoms with Gasteiger partial charge in [-0.15, -0.1) is 0 Å². The summed E-state index contributed by atoms with van der Waals surface area (Å²) < 4.78 is 4.89. The molecule has 3 rings (SSSR count). The van der Waals surface area contributed by atoms with Crippen molar-refractivity contribution in [2.75, 3.05) is 24.6 Å². The number of rotatable bonds is 4. The summed E-state index contributed by atoms with van der Waals surface area (Å²) in [6.07, 6.45) is -0.369. The lowest BCUT2D eigenvalue weighted by Gasteiger charge is -2.11. The third-order valence-electron chi connectivity index (χ3n) is 3.86. The van der Waals surface area contributed by atoms with Crippen molar-refractivity contribution in [3.05, 3.63) is 69.8 Å². The molecule has 136 valence electrons. The molecule has 0 aromatic heterocycles. The molecule has 0 atom stereocenters. The van der Waals surface area contributed by atoms with Crippen LogP contribution in [0.4, 0.5) is 16.2 Å². The standard InChI is InChI=1S/C19H15N3O5/c23-18(16-5-1-2-6-17(16)22(25)26)20-11-3-4-14-7-9-15(10-8-14)21-12-13-27-19(21)24/h1-2,5-10H,11-13H2,(H,20,23).